The van der Waals surface area contributed by atoms with E-state index in [0.717, 1.165) is 49.7 Å². The van der Waals surface area contributed by atoms with Gasteiger partial charge >= 0.3 is 0 Å². The number of rotatable bonds is 0. The van der Waals surface area contributed by atoms with Gasteiger partial charge in [-0.05, 0) is 79.0 Å². The number of nitriles is 1. The molecule has 2 fully saturated rings. The minimum Gasteiger partial charge on any atom is -0.508 e. The van der Waals surface area contributed by atoms with E-state index in [0.29, 0.717) is 17.6 Å². The zero-order valence-electron chi connectivity index (χ0n) is 13.0. The van der Waals surface area contributed by atoms with Crippen molar-refractivity contribution in [1.82, 2.24) is 0 Å². The Bertz CT molecular complexity index is 664. The van der Waals surface area contributed by atoms with Crippen molar-refractivity contribution in [3.05, 3.63) is 29.3 Å². The van der Waals surface area contributed by atoms with Crippen LogP contribution in [0.2, 0.25) is 0 Å². The molecule has 0 amide bonds. The topological polar surface area (TPSA) is 64.2 Å². The molecule has 3 heteroatoms. The van der Waals surface area contributed by atoms with E-state index < -0.39 is 5.41 Å². The van der Waals surface area contributed by atoms with E-state index in [1.807, 2.05) is 12.1 Å². The van der Waals surface area contributed by atoms with Crippen LogP contribution < -0.4 is 0 Å². The Balaban J connectivity index is 1.83. The molecule has 0 aliphatic heterocycles. The molecule has 4 rings (SSSR count). The van der Waals surface area contributed by atoms with Crippen LogP contribution in [0.3, 0.4) is 0 Å². The van der Waals surface area contributed by atoms with Gasteiger partial charge in [-0.3, -0.25) is 0 Å². The highest BCUT2D eigenvalue weighted by Crippen LogP contribution is 2.63. The Labute approximate surface area is 131 Å². The molecule has 0 heterocycles. The molecule has 2 N–H and O–H groups in total. The monoisotopic (exact) mass is 297 g/mol. The van der Waals surface area contributed by atoms with Gasteiger partial charge in [0.1, 0.15) is 5.75 Å². The van der Waals surface area contributed by atoms with E-state index in [4.69, 9.17) is 0 Å². The van der Waals surface area contributed by atoms with E-state index >= 15 is 0 Å². The van der Waals surface area contributed by atoms with Gasteiger partial charge in [0, 0.05) is 0 Å². The van der Waals surface area contributed by atoms with Crippen LogP contribution in [0, 0.1) is 28.6 Å². The molecule has 1 aromatic carbocycles. The maximum Gasteiger partial charge on any atom is 0.115 e. The first kappa shape index (κ1) is 14.1. The van der Waals surface area contributed by atoms with Crippen LogP contribution in [0.15, 0.2) is 18.2 Å². The predicted molar refractivity (Wildman–Crippen MR) is 83.3 cm³/mol. The standard InChI is InChI=1S/C19H23NO2/c1-18-6-7-19(11-20)15-5-3-13(21)8-12(15)2-4-16(19)17(18)9-14(22)10-18/h3,5,8,14,16-17,21-22H,2,4,6-7,9-10H2,1H3/t14?,16-,17-,18+,19?/m0/s1. The Kier molecular flexibility index (Phi) is 2.87. The summed E-state index contributed by atoms with van der Waals surface area (Å²) in [6.07, 6.45) is 5.35. The Morgan fingerprint density at radius 1 is 1.27 bits per heavy atom. The van der Waals surface area contributed by atoms with E-state index in [1.54, 1.807) is 6.07 Å². The summed E-state index contributed by atoms with van der Waals surface area (Å²) in [6.45, 7) is 2.31. The zero-order chi connectivity index (χ0) is 15.5. The summed E-state index contributed by atoms with van der Waals surface area (Å²) in [4.78, 5) is 0. The fourth-order valence-corrected chi connectivity index (χ4v) is 5.81. The first-order chi connectivity index (χ1) is 10.5. The molecular formula is C19H23NO2. The van der Waals surface area contributed by atoms with Gasteiger partial charge in [-0.2, -0.15) is 5.26 Å². The molecule has 116 valence electrons. The van der Waals surface area contributed by atoms with Gasteiger partial charge in [0.15, 0.2) is 0 Å². The van der Waals surface area contributed by atoms with Gasteiger partial charge in [0.05, 0.1) is 17.6 Å². The molecule has 0 aromatic heterocycles. The van der Waals surface area contributed by atoms with E-state index in [1.165, 1.54) is 0 Å². The summed E-state index contributed by atoms with van der Waals surface area (Å²) in [7, 11) is 0. The molecule has 0 saturated heterocycles. The van der Waals surface area contributed by atoms with Crippen molar-refractivity contribution < 1.29 is 10.2 Å². The third-order valence-corrected chi connectivity index (χ3v) is 6.83. The highest BCUT2D eigenvalue weighted by atomic mass is 16.3. The van der Waals surface area contributed by atoms with Gasteiger partial charge < -0.3 is 10.2 Å². The molecule has 0 bridgehead atoms. The molecule has 2 unspecified atom stereocenters. The Morgan fingerprint density at radius 3 is 2.86 bits per heavy atom. The van der Waals surface area contributed by atoms with Gasteiger partial charge in [0.2, 0.25) is 0 Å². The lowest BCUT2D eigenvalue weighted by molar-refractivity contribution is 0.0309. The lowest BCUT2D eigenvalue weighted by Gasteiger charge is -2.53. The van der Waals surface area contributed by atoms with Crippen LogP contribution in [0.5, 0.6) is 5.75 Å². The minimum atomic E-state index is -0.421. The van der Waals surface area contributed by atoms with Gasteiger partial charge in [-0.25, -0.2) is 0 Å². The summed E-state index contributed by atoms with van der Waals surface area (Å²) >= 11 is 0. The van der Waals surface area contributed by atoms with E-state index in [9.17, 15) is 15.5 Å². The average Bonchev–Trinajstić information content (AvgIpc) is 2.80. The summed E-state index contributed by atoms with van der Waals surface area (Å²) in [5.74, 6) is 1.07. The lowest BCUT2D eigenvalue weighted by Crippen LogP contribution is -2.50. The third kappa shape index (κ3) is 1.71. The Hall–Kier alpha value is -1.53. The van der Waals surface area contributed by atoms with Crippen LogP contribution >= 0.6 is 0 Å². The number of aliphatic hydroxyl groups is 1. The van der Waals surface area contributed by atoms with Crippen LogP contribution in [0.25, 0.3) is 0 Å². The highest BCUT2D eigenvalue weighted by molar-refractivity contribution is 5.47. The van der Waals surface area contributed by atoms with Crippen molar-refractivity contribution in [2.24, 2.45) is 17.3 Å². The molecule has 2 saturated carbocycles. The maximum absolute atomic E-state index is 10.2. The quantitative estimate of drug-likeness (QED) is 0.772. The van der Waals surface area contributed by atoms with Crippen LogP contribution in [0.1, 0.15) is 50.2 Å². The van der Waals surface area contributed by atoms with Crippen molar-refractivity contribution in [2.45, 2.75) is 57.0 Å². The molecule has 3 aliphatic rings. The fraction of sp³-hybridized carbons (Fsp3) is 0.632. The summed E-state index contributed by atoms with van der Waals surface area (Å²) in [6, 6.07) is 8.20. The first-order valence-electron chi connectivity index (χ1n) is 8.40. The van der Waals surface area contributed by atoms with Gasteiger partial charge in [-0.15, -0.1) is 0 Å². The second kappa shape index (κ2) is 4.49. The van der Waals surface area contributed by atoms with Crippen molar-refractivity contribution >= 4 is 0 Å². The summed E-state index contributed by atoms with van der Waals surface area (Å²) < 4.78 is 0. The Morgan fingerprint density at radius 2 is 2.09 bits per heavy atom. The first-order valence-corrected chi connectivity index (χ1v) is 8.40. The second-order valence-electron chi connectivity index (χ2n) is 7.92. The number of nitrogens with zero attached hydrogens (tertiary/aromatic N) is 1. The molecule has 1 aromatic rings. The largest absolute Gasteiger partial charge is 0.508 e. The molecule has 3 aliphatic carbocycles. The maximum atomic E-state index is 10.2. The molecular weight excluding hydrogens is 274 g/mol. The molecule has 5 atom stereocenters. The number of aliphatic hydroxyl groups excluding tert-OH is 1. The number of benzene rings is 1. The van der Waals surface area contributed by atoms with E-state index in [2.05, 4.69) is 13.0 Å². The number of phenolic OH excluding ortho intramolecular Hbond substituents is 1. The van der Waals surface area contributed by atoms with Crippen LogP contribution in [-0.4, -0.2) is 16.3 Å². The van der Waals surface area contributed by atoms with E-state index in [-0.39, 0.29) is 11.5 Å². The van der Waals surface area contributed by atoms with Crippen molar-refractivity contribution in [1.29, 1.82) is 5.26 Å². The normalized spacial score (nSPS) is 42.9. The predicted octanol–water partition coefficient (Wildman–Crippen LogP) is 3.29. The van der Waals surface area contributed by atoms with Crippen molar-refractivity contribution in [3.63, 3.8) is 0 Å². The van der Waals surface area contributed by atoms with Gasteiger partial charge in [-0.1, -0.05) is 13.0 Å². The number of phenols is 1. The molecule has 0 spiro atoms. The number of aryl methyl sites for hydroxylation is 1. The van der Waals surface area contributed by atoms with Crippen LogP contribution in [0.4, 0.5) is 0 Å². The summed E-state index contributed by atoms with van der Waals surface area (Å²) in [5, 5.41) is 30.0. The van der Waals surface area contributed by atoms with Gasteiger partial charge in [0.25, 0.3) is 0 Å². The second-order valence-corrected chi connectivity index (χ2v) is 7.92. The SMILES string of the molecule is C[C@]12CCC3(C#N)c4ccc(O)cc4CC[C@H]3[C@@H]1CC(O)C2. The highest BCUT2D eigenvalue weighted by Gasteiger charge is 2.59. The number of fused-ring (bicyclic) bond motifs is 5. The average molecular weight is 297 g/mol. The number of hydrogen-bond acceptors (Lipinski definition) is 3. The number of aromatic hydroxyl groups is 1. The summed E-state index contributed by atoms with van der Waals surface area (Å²) in [5.41, 5.74) is 2.04. The minimum absolute atomic E-state index is 0.193. The third-order valence-electron chi connectivity index (χ3n) is 6.83. The smallest absolute Gasteiger partial charge is 0.115 e. The molecule has 22 heavy (non-hydrogen) atoms. The van der Waals surface area contributed by atoms with Crippen LogP contribution in [-0.2, 0) is 11.8 Å². The lowest BCUT2D eigenvalue weighted by atomic mass is 9.49. The van der Waals surface area contributed by atoms with Crippen molar-refractivity contribution in [2.75, 3.05) is 0 Å². The number of hydrogen-bond donors (Lipinski definition) is 2. The molecule has 0 radical (unpaired) electrons. The molecule has 3 nitrogen and oxygen atoms in total. The zero-order valence-corrected chi connectivity index (χ0v) is 13.0. The van der Waals surface area contributed by atoms with Crippen molar-refractivity contribution in [3.8, 4) is 11.8 Å². The fourth-order valence-electron chi connectivity index (χ4n) is 5.81.